The maximum atomic E-state index is 11.3. The average Bonchev–Trinajstić information content (AvgIpc) is 2.79. The van der Waals surface area contributed by atoms with E-state index in [1.165, 1.54) is 0 Å². The lowest BCUT2D eigenvalue weighted by Crippen LogP contribution is -2.56. The van der Waals surface area contributed by atoms with E-state index in [0.29, 0.717) is 0 Å². The third kappa shape index (κ3) is 10.4. The Morgan fingerprint density at radius 1 is 0.559 bits per heavy atom. The van der Waals surface area contributed by atoms with Gasteiger partial charge in [0.25, 0.3) is 0 Å². The molecule has 14 heteroatoms. The summed E-state index contributed by atoms with van der Waals surface area (Å²) in [5.74, 6) is -2.10. The zero-order valence-corrected chi connectivity index (χ0v) is 19.4. The standard InChI is InChI=1S/C20H40N4O10/c25-11-15(17(29)13-27)23-5-3-21(9-19(31)32)1-2-22(10-20(33)34)4-6-24(8-7-23)16(12-26)18(30)14-28/h15-18,25-30H,1-14H2,(H,31,32)(H,33,34)/t15?,16?,17-,18+. The zero-order chi connectivity index (χ0) is 25.7. The lowest BCUT2D eigenvalue weighted by Gasteiger charge is -2.40. The van der Waals surface area contributed by atoms with Crippen molar-refractivity contribution in [3.63, 3.8) is 0 Å². The number of hydrogen-bond donors (Lipinski definition) is 8. The normalized spacial score (nSPS) is 22.3. The molecule has 0 aromatic rings. The van der Waals surface area contributed by atoms with Gasteiger partial charge in [-0.3, -0.25) is 29.2 Å². The van der Waals surface area contributed by atoms with Gasteiger partial charge in [-0.1, -0.05) is 0 Å². The first kappa shape index (κ1) is 30.6. The Hall–Kier alpha value is -1.46. The first-order chi connectivity index (χ1) is 16.2. The molecule has 2 unspecified atom stereocenters. The fourth-order valence-corrected chi connectivity index (χ4v) is 4.09. The lowest BCUT2D eigenvalue weighted by molar-refractivity contribution is -0.140. The van der Waals surface area contributed by atoms with Crippen LogP contribution in [0.1, 0.15) is 0 Å². The van der Waals surface area contributed by atoms with Gasteiger partial charge in [0.05, 0.1) is 63.8 Å². The van der Waals surface area contributed by atoms with Crippen molar-refractivity contribution in [1.29, 1.82) is 0 Å². The average molecular weight is 497 g/mol. The molecule has 8 N–H and O–H groups in total. The third-order valence-corrected chi connectivity index (χ3v) is 6.11. The van der Waals surface area contributed by atoms with Gasteiger partial charge in [0.1, 0.15) is 0 Å². The number of rotatable bonds is 12. The number of nitrogens with zero attached hydrogens (tertiary/aromatic N) is 4. The van der Waals surface area contributed by atoms with Crippen LogP contribution in [0.2, 0.25) is 0 Å². The molecule has 0 amide bonds. The molecule has 200 valence electrons. The number of hydrogen-bond acceptors (Lipinski definition) is 12. The second-order valence-corrected chi connectivity index (χ2v) is 8.41. The summed E-state index contributed by atoms with van der Waals surface area (Å²) in [6.45, 7) is -0.763. The molecule has 1 aliphatic heterocycles. The van der Waals surface area contributed by atoms with Gasteiger partial charge in [-0.05, 0) is 0 Å². The highest BCUT2D eigenvalue weighted by Crippen LogP contribution is 2.11. The maximum Gasteiger partial charge on any atom is 0.317 e. The van der Waals surface area contributed by atoms with Crippen LogP contribution < -0.4 is 0 Å². The Morgan fingerprint density at radius 2 is 0.853 bits per heavy atom. The van der Waals surface area contributed by atoms with E-state index in [9.17, 15) is 50.4 Å². The van der Waals surface area contributed by atoms with E-state index in [2.05, 4.69) is 0 Å². The van der Waals surface area contributed by atoms with Gasteiger partial charge in [-0.15, -0.1) is 0 Å². The third-order valence-electron chi connectivity index (χ3n) is 6.11. The van der Waals surface area contributed by atoms with Gasteiger partial charge in [0.2, 0.25) is 0 Å². The predicted molar refractivity (Wildman–Crippen MR) is 119 cm³/mol. The summed E-state index contributed by atoms with van der Waals surface area (Å²) < 4.78 is 0. The van der Waals surface area contributed by atoms with E-state index >= 15 is 0 Å². The van der Waals surface area contributed by atoms with Crippen LogP contribution in [0.5, 0.6) is 0 Å². The molecule has 0 aliphatic carbocycles. The lowest BCUT2D eigenvalue weighted by atomic mass is 10.1. The first-order valence-corrected chi connectivity index (χ1v) is 11.3. The molecular formula is C20H40N4O10. The van der Waals surface area contributed by atoms with Gasteiger partial charge in [0.15, 0.2) is 0 Å². The molecule has 1 saturated heterocycles. The summed E-state index contributed by atoms with van der Waals surface area (Å²) >= 11 is 0. The number of carboxylic acid groups (broad SMARTS) is 2. The Labute approximate surface area is 198 Å². The smallest absolute Gasteiger partial charge is 0.317 e. The first-order valence-electron chi connectivity index (χ1n) is 11.3. The zero-order valence-electron chi connectivity index (χ0n) is 19.4. The van der Waals surface area contributed by atoms with Crippen LogP contribution in [0.4, 0.5) is 0 Å². The summed E-state index contributed by atoms with van der Waals surface area (Å²) in [6.07, 6.45) is -2.50. The molecule has 0 aromatic heterocycles. The van der Waals surface area contributed by atoms with Crippen molar-refractivity contribution in [2.24, 2.45) is 0 Å². The summed E-state index contributed by atoms with van der Waals surface area (Å²) in [7, 11) is 0. The molecule has 1 aliphatic rings. The minimum atomic E-state index is -1.25. The Bertz CT molecular complexity index is 552. The van der Waals surface area contributed by atoms with E-state index < -0.39 is 62.7 Å². The van der Waals surface area contributed by atoms with Crippen LogP contribution in [0.25, 0.3) is 0 Å². The van der Waals surface area contributed by atoms with Crippen molar-refractivity contribution >= 4 is 11.9 Å². The van der Waals surface area contributed by atoms with Crippen LogP contribution >= 0.6 is 0 Å². The van der Waals surface area contributed by atoms with Crippen LogP contribution in [0.15, 0.2) is 0 Å². The molecule has 4 atom stereocenters. The van der Waals surface area contributed by atoms with Gasteiger partial charge in [0, 0.05) is 52.4 Å². The van der Waals surface area contributed by atoms with E-state index in [1.54, 1.807) is 19.6 Å². The number of aliphatic hydroxyl groups excluding tert-OH is 6. The quantitative estimate of drug-likeness (QED) is 0.127. The molecule has 34 heavy (non-hydrogen) atoms. The Balaban J connectivity index is 3.20. The molecular weight excluding hydrogens is 456 g/mol. The molecule has 0 saturated carbocycles. The largest absolute Gasteiger partial charge is 0.480 e. The molecule has 0 spiro atoms. The summed E-state index contributed by atoms with van der Waals surface area (Å²) in [5, 5.41) is 77.4. The van der Waals surface area contributed by atoms with Crippen LogP contribution in [0.3, 0.4) is 0 Å². The van der Waals surface area contributed by atoms with Crippen molar-refractivity contribution in [3.05, 3.63) is 0 Å². The second kappa shape index (κ2) is 16.3. The Morgan fingerprint density at radius 3 is 1.12 bits per heavy atom. The summed E-state index contributed by atoms with van der Waals surface area (Å²) in [4.78, 5) is 29.3. The summed E-state index contributed by atoms with van der Waals surface area (Å²) in [6, 6.07) is -1.67. The van der Waals surface area contributed by atoms with Crippen molar-refractivity contribution in [3.8, 4) is 0 Å². The van der Waals surface area contributed by atoms with E-state index in [4.69, 9.17) is 0 Å². The highest BCUT2D eigenvalue weighted by atomic mass is 16.4. The molecule has 1 heterocycles. The second-order valence-electron chi connectivity index (χ2n) is 8.41. The van der Waals surface area contributed by atoms with Gasteiger partial charge < -0.3 is 40.9 Å². The number of aliphatic carboxylic acids is 2. The van der Waals surface area contributed by atoms with Crippen LogP contribution in [-0.2, 0) is 9.59 Å². The van der Waals surface area contributed by atoms with E-state index in [0.717, 1.165) is 0 Å². The van der Waals surface area contributed by atoms with E-state index in [-0.39, 0.29) is 65.4 Å². The van der Waals surface area contributed by atoms with Gasteiger partial charge in [-0.25, -0.2) is 0 Å². The van der Waals surface area contributed by atoms with Crippen molar-refractivity contribution in [2.45, 2.75) is 24.3 Å². The monoisotopic (exact) mass is 496 g/mol. The number of carboxylic acids is 2. The highest BCUT2D eigenvalue weighted by molar-refractivity contribution is 5.69. The fraction of sp³-hybridized carbons (Fsp3) is 0.900. The minimum Gasteiger partial charge on any atom is -0.480 e. The summed E-state index contributed by atoms with van der Waals surface area (Å²) in [5.41, 5.74) is 0. The Kier molecular flexibility index (Phi) is 14.6. The highest BCUT2D eigenvalue weighted by Gasteiger charge is 2.30. The predicted octanol–water partition coefficient (Wildman–Crippen LogP) is -5.19. The van der Waals surface area contributed by atoms with E-state index in [1.807, 2.05) is 0 Å². The maximum absolute atomic E-state index is 11.3. The topological polar surface area (TPSA) is 209 Å². The molecule has 0 aromatic carbocycles. The van der Waals surface area contributed by atoms with Gasteiger partial charge >= 0.3 is 11.9 Å². The molecule has 1 fully saturated rings. The molecule has 0 radical (unpaired) electrons. The van der Waals surface area contributed by atoms with Crippen molar-refractivity contribution in [1.82, 2.24) is 19.6 Å². The number of aliphatic hydroxyl groups is 6. The fourth-order valence-electron chi connectivity index (χ4n) is 4.09. The van der Waals surface area contributed by atoms with Crippen molar-refractivity contribution < 1.29 is 50.4 Å². The van der Waals surface area contributed by atoms with Crippen LogP contribution in [-0.4, -0.2) is 189 Å². The van der Waals surface area contributed by atoms with Crippen molar-refractivity contribution in [2.75, 3.05) is 91.9 Å². The minimum absolute atomic E-state index is 0.219. The van der Waals surface area contributed by atoms with Crippen LogP contribution in [0, 0.1) is 0 Å². The molecule has 14 nitrogen and oxygen atoms in total. The number of carbonyl (C=O) groups is 2. The van der Waals surface area contributed by atoms with Gasteiger partial charge in [-0.2, -0.15) is 0 Å². The molecule has 1 rings (SSSR count). The molecule has 0 bridgehead atoms. The SMILES string of the molecule is O=C(O)CN1CCN(CC(=O)O)CCN(C(CO)[C@@H](O)CO)CCN(C(CO)[C@H](O)CO)CC1.